The lowest BCUT2D eigenvalue weighted by molar-refractivity contribution is 0.601. The molecule has 0 bridgehead atoms. The molecule has 0 atom stereocenters. The Bertz CT molecular complexity index is 622. The molecular formula is C9H10N4O2S2. The van der Waals surface area contributed by atoms with Crippen molar-refractivity contribution < 1.29 is 8.42 Å². The molecule has 17 heavy (non-hydrogen) atoms. The van der Waals surface area contributed by atoms with Crippen LogP contribution in [0.4, 0.5) is 10.7 Å². The van der Waals surface area contributed by atoms with Crippen molar-refractivity contribution in [2.75, 3.05) is 10.5 Å². The van der Waals surface area contributed by atoms with Crippen molar-refractivity contribution in [1.82, 2.24) is 9.59 Å². The normalized spacial score (nSPS) is 11.4. The van der Waals surface area contributed by atoms with E-state index in [9.17, 15) is 8.42 Å². The second kappa shape index (κ2) is 4.30. The number of aromatic nitrogens is 2. The highest BCUT2D eigenvalue weighted by Gasteiger charge is 2.18. The summed E-state index contributed by atoms with van der Waals surface area (Å²) in [5.41, 5.74) is 6.64. The Morgan fingerprint density at radius 1 is 1.41 bits per heavy atom. The number of hydrogen-bond donors (Lipinski definition) is 2. The largest absolute Gasteiger partial charge is 0.398 e. The molecule has 0 radical (unpaired) electrons. The number of nitrogen functional groups attached to an aromatic ring is 1. The fourth-order valence-corrected chi connectivity index (χ4v) is 3.28. The summed E-state index contributed by atoms with van der Waals surface area (Å²) < 4.78 is 30.1. The maximum absolute atomic E-state index is 12.1. The zero-order valence-electron chi connectivity index (χ0n) is 8.91. The van der Waals surface area contributed by atoms with Gasteiger partial charge in [-0.15, -0.1) is 5.10 Å². The van der Waals surface area contributed by atoms with Gasteiger partial charge >= 0.3 is 0 Å². The number of nitrogens with one attached hydrogen (secondary N) is 1. The first-order valence-corrected chi connectivity index (χ1v) is 6.91. The van der Waals surface area contributed by atoms with Gasteiger partial charge in [0.1, 0.15) is 5.00 Å². The van der Waals surface area contributed by atoms with E-state index < -0.39 is 10.0 Å². The highest BCUT2D eigenvalue weighted by Crippen LogP contribution is 2.23. The van der Waals surface area contributed by atoms with Gasteiger partial charge in [-0.25, -0.2) is 8.42 Å². The summed E-state index contributed by atoms with van der Waals surface area (Å²) in [6.45, 7) is 1.66. The quantitative estimate of drug-likeness (QED) is 0.817. The Morgan fingerprint density at radius 3 is 2.82 bits per heavy atom. The van der Waals surface area contributed by atoms with E-state index in [-0.39, 0.29) is 4.90 Å². The molecule has 0 fully saturated rings. The van der Waals surface area contributed by atoms with Crippen LogP contribution in [0.25, 0.3) is 0 Å². The average molecular weight is 270 g/mol. The number of sulfonamides is 1. The molecule has 0 aliphatic carbocycles. The number of benzene rings is 1. The minimum absolute atomic E-state index is 0.158. The highest BCUT2D eigenvalue weighted by atomic mass is 32.2. The maximum atomic E-state index is 12.1. The fourth-order valence-electron chi connectivity index (χ4n) is 1.32. The Balaban J connectivity index is 2.42. The van der Waals surface area contributed by atoms with Gasteiger partial charge in [-0.2, -0.15) is 0 Å². The van der Waals surface area contributed by atoms with Crippen molar-refractivity contribution in [3.05, 3.63) is 30.0 Å². The van der Waals surface area contributed by atoms with Gasteiger partial charge in [0.25, 0.3) is 10.0 Å². The number of nitrogens with two attached hydrogens (primary N) is 1. The molecule has 8 heteroatoms. The molecule has 0 saturated carbocycles. The van der Waals surface area contributed by atoms with E-state index in [4.69, 9.17) is 5.73 Å². The fraction of sp³-hybridized carbons (Fsp3) is 0.111. The summed E-state index contributed by atoms with van der Waals surface area (Å²) in [6.07, 6.45) is 1.35. The van der Waals surface area contributed by atoms with Crippen LogP contribution in [0.5, 0.6) is 0 Å². The van der Waals surface area contributed by atoms with Crippen molar-refractivity contribution in [3.63, 3.8) is 0 Å². The van der Waals surface area contributed by atoms with Crippen LogP contribution < -0.4 is 10.5 Å². The lowest BCUT2D eigenvalue weighted by Crippen LogP contribution is -2.14. The second-order valence-corrected chi connectivity index (χ2v) is 5.79. The minimum Gasteiger partial charge on any atom is -0.398 e. The van der Waals surface area contributed by atoms with Crippen molar-refractivity contribution in [2.24, 2.45) is 0 Å². The SMILES string of the molecule is Cc1c(N)cccc1S(=O)(=O)Nc1cnns1. The molecule has 1 aromatic carbocycles. The molecule has 2 rings (SSSR count). The van der Waals surface area contributed by atoms with E-state index in [0.717, 1.165) is 11.5 Å². The molecule has 3 N–H and O–H groups in total. The first kappa shape index (κ1) is 11.8. The zero-order chi connectivity index (χ0) is 12.5. The van der Waals surface area contributed by atoms with Crippen molar-refractivity contribution in [1.29, 1.82) is 0 Å². The Morgan fingerprint density at radius 2 is 2.18 bits per heavy atom. The molecule has 0 aliphatic heterocycles. The lowest BCUT2D eigenvalue weighted by atomic mass is 10.2. The second-order valence-electron chi connectivity index (χ2n) is 3.36. The Kier molecular flexibility index (Phi) is 2.99. The van der Waals surface area contributed by atoms with Crippen molar-refractivity contribution in [2.45, 2.75) is 11.8 Å². The summed E-state index contributed by atoms with van der Waals surface area (Å²) in [7, 11) is -3.64. The summed E-state index contributed by atoms with van der Waals surface area (Å²) >= 11 is 0.972. The lowest BCUT2D eigenvalue weighted by Gasteiger charge is -2.09. The van der Waals surface area contributed by atoms with E-state index in [1.165, 1.54) is 12.3 Å². The maximum Gasteiger partial charge on any atom is 0.262 e. The molecule has 90 valence electrons. The third-order valence-corrected chi connectivity index (χ3v) is 4.43. The van der Waals surface area contributed by atoms with E-state index >= 15 is 0 Å². The number of hydrogen-bond acceptors (Lipinski definition) is 6. The van der Waals surface area contributed by atoms with Gasteiger partial charge in [0.05, 0.1) is 11.1 Å². The monoisotopic (exact) mass is 270 g/mol. The molecule has 6 nitrogen and oxygen atoms in total. The van der Waals surface area contributed by atoms with E-state index in [0.29, 0.717) is 16.3 Å². The van der Waals surface area contributed by atoms with Crippen LogP contribution in [0.2, 0.25) is 0 Å². The van der Waals surface area contributed by atoms with Crippen LogP contribution in [0.3, 0.4) is 0 Å². The van der Waals surface area contributed by atoms with Gasteiger partial charge in [0.15, 0.2) is 0 Å². The Hall–Kier alpha value is -1.67. The van der Waals surface area contributed by atoms with Gasteiger partial charge in [0.2, 0.25) is 0 Å². The smallest absolute Gasteiger partial charge is 0.262 e. The average Bonchev–Trinajstić information content (AvgIpc) is 2.73. The van der Waals surface area contributed by atoms with Gasteiger partial charge < -0.3 is 5.73 Å². The summed E-state index contributed by atoms with van der Waals surface area (Å²) in [5, 5.41) is 3.92. The molecule has 0 spiro atoms. The van der Waals surface area contributed by atoms with Crippen LogP contribution >= 0.6 is 11.5 Å². The van der Waals surface area contributed by atoms with Gasteiger partial charge in [-0.3, -0.25) is 4.72 Å². The van der Waals surface area contributed by atoms with Crippen molar-refractivity contribution in [3.8, 4) is 0 Å². The van der Waals surface area contributed by atoms with Gasteiger partial charge in [-0.05, 0) is 24.6 Å². The molecule has 0 amide bonds. The number of nitrogens with zero attached hydrogens (tertiary/aromatic N) is 2. The van der Waals surface area contributed by atoms with Gasteiger partial charge in [0, 0.05) is 17.2 Å². The van der Waals surface area contributed by atoms with E-state index in [1.807, 2.05) is 0 Å². The molecule has 0 unspecified atom stereocenters. The molecular weight excluding hydrogens is 260 g/mol. The van der Waals surface area contributed by atoms with E-state index in [2.05, 4.69) is 14.3 Å². The zero-order valence-corrected chi connectivity index (χ0v) is 10.5. The molecule has 2 aromatic rings. The standard InChI is InChI=1S/C9H10N4O2S2/c1-6-7(10)3-2-4-8(6)17(14,15)12-9-5-11-13-16-9/h2-5,12H,10H2,1H3. The molecule has 1 aromatic heterocycles. The first-order valence-electron chi connectivity index (χ1n) is 4.66. The van der Waals surface area contributed by atoms with Crippen LogP contribution in [-0.2, 0) is 10.0 Å². The van der Waals surface area contributed by atoms with Crippen LogP contribution in [0.1, 0.15) is 5.56 Å². The summed E-state index contributed by atoms with van der Waals surface area (Å²) in [5.74, 6) is 0. The highest BCUT2D eigenvalue weighted by molar-refractivity contribution is 7.93. The third-order valence-electron chi connectivity index (χ3n) is 2.21. The predicted octanol–water partition coefficient (Wildman–Crippen LogP) is 1.23. The predicted molar refractivity (Wildman–Crippen MR) is 66.3 cm³/mol. The van der Waals surface area contributed by atoms with E-state index in [1.54, 1.807) is 19.1 Å². The topological polar surface area (TPSA) is 98.0 Å². The number of rotatable bonds is 3. The molecule has 1 heterocycles. The minimum atomic E-state index is -3.64. The van der Waals surface area contributed by atoms with Crippen LogP contribution in [0.15, 0.2) is 29.3 Å². The number of anilines is 2. The third kappa shape index (κ3) is 2.37. The van der Waals surface area contributed by atoms with Crippen LogP contribution in [0, 0.1) is 6.92 Å². The first-order chi connectivity index (χ1) is 8.00. The Labute approximate surface area is 103 Å². The summed E-state index contributed by atoms with van der Waals surface area (Å²) in [4.78, 5) is 0.158. The molecule has 0 saturated heterocycles. The summed E-state index contributed by atoms with van der Waals surface area (Å²) in [6, 6.07) is 4.76. The molecule has 0 aliphatic rings. The van der Waals surface area contributed by atoms with Crippen LogP contribution in [-0.4, -0.2) is 18.0 Å². The van der Waals surface area contributed by atoms with Gasteiger partial charge in [-0.1, -0.05) is 10.6 Å². The van der Waals surface area contributed by atoms with Crippen molar-refractivity contribution >= 4 is 32.2 Å².